The van der Waals surface area contributed by atoms with Crippen LogP contribution >= 0.6 is 0 Å². The predicted octanol–water partition coefficient (Wildman–Crippen LogP) is -0.962. The second-order valence-electron chi connectivity index (χ2n) is 3.39. The fourth-order valence-electron chi connectivity index (χ4n) is 1.10. The van der Waals surface area contributed by atoms with E-state index in [9.17, 15) is 9.59 Å². The molecule has 1 aromatic heterocycles. The van der Waals surface area contributed by atoms with Crippen molar-refractivity contribution in [3.05, 3.63) is 12.4 Å². The lowest BCUT2D eigenvalue weighted by atomic mass is 10.4. The molecule has 0 spiro atoms. The highest BCUT2D eigenvalue weighted by molar-refractivity contribution is 5.80. The number of nitrogens with zero attached hydrogens (tertiary/aromatic N) is 3. The van der Waals surface area contributed by atoms with Crippen molar-refractivity contribution in [2.45, 2.75) is 13.0 Å². The molecule has 0 bridgehead atoms. The number of esters is 1. The van der Waals surface area contributed by atoms with Crippen molar-refractivity contribution < 1.29 is 14.3 Å². The summed E-state index contributed by atoms with van der Waals surface area (Å²) in [7, 11) is 0. The van der Waals surface area contributed by atoms with E-state index in [2.05, 4.69) is 10.4 Å². The van der Waals surface area contributed by atoms with Crippen molar-refractivity contribution in [3.63, 3.8) is 0 Å². The van der Waals surface area contributed by atoms with Gasteiger partial charge in [-0.3, -0.25) is 14.3 Å². The van der Waals surface area contributed by atoms with E-state index in [-0.39, 0.29) is 26.1 Å². The standard InChI is InChI=1S/C10H13N5O3/c11-2-1-3-13-9(16)7-18-10(17)6-15-5-8(12)4-14-15/h4-5H,1,3,6-7,12H2,(H,13,16). The fraction of sp³-hybridized carbons (Fsp3) is 0.400. The number of hydrogen-bond acceptors (Lipinski definition) is 6. The van der Waals surface area contributed by atoms with Crippen LogP contribution in [0.25, 0.3) is 0 Å². The first kappa shape index (κ1) is 13.5. The van der Waals surface area contributed by atoms with E-state index in [1.807, 2.05) is 6.07 Å². The van der Waals surface area contributed by atoms with Crippen LogP contribution in [0.3, 0.4) is 0 Å². The Hall–Kier alpha value is -2.56. The first-order valence-electron chi connectivity index (χ1n) is 5.19. The zero-order valence-electron chi connectivity index (χ0n) is 9.63. The van der Waals surface area contributed by atoms with Crippen LogP contribution in [0.4, 0.5) is 5.69 Å². The maximum absolute atomic E-state index is 11.3. The average molecular weight is 251 g/mol. The van der Waals surface area contributed by atoms with Gasteiger partial charge in [0.2, 0.25) is 0 Å². The minimum absolute atomic E-state index is 0.108. The number of carbonyl (C=O) groups is 2. The van der Waals surface area contributed by atoms with Crippen LogP contribution in [0.5, 0.6) is 0 Å². The van der Waals surface area contributed by atoms with Gasteiger partial charge < -0.3 is 15.8 Å². The lowest BCUT2D eigenvalue weighted by molar-refractivity contribution is -0.149. The first-order valence-corrected chi connectivity index (χ1v) is 5.19. The van der Waals surface area contributed by atoms with Crippen LogP contribution in [0.15, 0.2) is 12.4 Å². The molecule has 1 heterocycles. The van der Waals surface area contributed by atoms with Gasteiger partial charge in [-0.2, -0.15) is 10.4 Å². The first-order chi connectivity index (χ1) is 8.61. The van der Waals surface area contributed by atoms with E-state index in [1.54, 1.807) is 0 Å². The molecular weight excluding hydrogens is 238 g/mol. The van der Waals surface area contributed by atoms with Gasteiger partial charge in [-0.15, -0.1) is 0 Å². The number of nitriles is 1. The van der Waals surface area contributed by atoms with E-state index < -0.39 is 11.9 Å². The van der Waals surface area contributed by atoms with E-state index in [0.717, 1.165) is 0 Å². The molecule has 8 nitrogen and oxygen atoms in total. The number of nitrogens with one attached hydrogen (secondary N) is 1. The molecule has 0 aliphatic heterocycles. The Labute approximate surface area is 103 Å². The van der Waals surface area contributed by atoms with Gasteiger partial charge in [0.05, 0.1) is 24.4 Å². The molecular formula is C10H13N5O3. The highest BCUT2D eigenvalue weighted by Crippen LogP contribution is 1.97. The number of nitrogens with two attached hydrogens (primary N) is 1. The maximum Gasteiger partial charge on any atom is 0.328 e. The zero-order chi connectivity index (χ0) is 13.4. The summed E-state index contributed by atoms with van der Waals surface area (Å²) < 4.78 is 6.02. The van der Waals surface area contributed by atoms with Gasteiger partial charge in [-0.05, 0) is 0 Å². The molecule has 1 amide bonds. The van der Waals surface area contributed by atoms with Gasteiger partial charge in [0, 0.05) is 12.7 Å². The number of anilines is 1. The Bertz CT molecular complexity index is 462. The number of amides is 1. The molecule has 0 saturated carbocycles. The van der Waals surface area contributed by atoms with Crippen molar-refractivity contribution >= 4 is 17.6 Å². The smallest absolute Gasteiger partial charge is 0.328 e. The number of rotatable bonds is 6. The van der Waals surface area contributed by atoms with Crippen molar-refractivity contribution in [1.29, 1.82) is 5.26 Å². The van der Waals surface area contributed by atoms with Crippen LogP contribution < -0.4 is 11.1 Å². The molecule has 0 unspecified atom stereocenters. The molecule has 96 valence electrons. The SMILES string of the molecule is N#CCCNC(=O)COC(=O)Cn1cc(N)cn1. The normalized spacial score (nSPS) is 9.50. The summed E-state index contributed by atoms with van der Waals surface area (Å²) in [6.07, 6.45) is 3.10. The van der Waals surface area contributed by atoms with Gasteiger partial charge in [-0.1, -0.05) is 0 Å². The molecule has 0 saturated heterocycles. The van der Waals surface area contributed by atoms with Gasteiger partial charge >= 0.3 is 5.97 Å². The van der Waals surface area contributed by atoms with Crippen molar-refractivity contribution in [1.82, 2.24) is 15.1 Å². The van der Waals surface area contributed by atoms with E-state index in [1.165, 1.54) is 17.1 Å². The molecule has 0 radical (unpaired) electrons. The summed E-state index contributed by atoms with van der Waals surface area (Å²) in [6, 6.07) is 1.88. The molecule has 1 rings (SSSR count). The van der Waals surface area contributed by atoms with Gasteiger partial charge in [0.15, 0.2) is 6.61 Å². The maximum atomic E-state index is 11.3. The van der Waals surface area contributed by atoms with E-state index >= 15 is 0 Å². The molecule has 1 aromatic rings. The van der Waals surface area contributed by atoms with Crippen LogP contribution in [0.2, 0.25) is 0 Å². The molecule has 8 heteroatoms. The third-order valence-electron chi connectivity index (χ3n) is 1.87. The summed E-state index contributed by atoms with van der Waals surface area (Å²) >= 11 is 0. The summed E-state index contributed by atoms with van der Waals surface area (Å²) in [4.78, 5) is 22.4. The zero-order valence-corrected chi connectivity index (χ0v) is 9.63. The van der Waals surface area contributed by atoms with E-state index in [0.29, 0.717) is 5.69 Å². The number of ether oxygens (including phenoxy) is 1. The number of aromatic nitrogens is 2. The number of carbonyl (C=O) groups excluding carboxylic acids is 2. The van der Waals surface area contributed by atoms with Crippen molar-refractivity contribution in [3.8, 4) is 6.07 Å². The Morgan fingerprint density at radius 1 is 1.61 bits per heavy atom. The largest absolute Gasteiger partial charge is 0.454 e. The quantitative estimate of drug-likeness (QED) is 0.495. The summed E-state index contributed by atoms with van der Waals surface area (Å²) in [6.45, 7) is -0.244. The fourth-order valence-corrected chi connectivity index (χ4v) is 1.10. The third-order valence-corrected chi connectivity index (χ3v) is 1.87. The Balaban J connectivity index is 2.21. The van der Waals surface area contributed by atoms with E-state index in [4.69, 9.17) is 15.7 Å². The number of nitrogen functional groups attached to an aromatic ring is 1. The van der Waals surface area contributed by atoms with Crippen molar-refractivity contribution in [2.24, 2.45) is 0 Å². The number of hydrogen-bond donors (Lipinski definition) is 2. The molecule has 3 N–H and O–H groups in total. The lowest BCUT2D eigenvalue weighted by Crippen LogP contribution is -2.30. The summed E-state index contributed by atoms with van der Waals surface area (Å²) in [5.74, 6) is -1.04. The lowest BCUT2D eigenvalue weighted by Gasteiger charge is -2.05. The molecule has 18 heavy (non-hydrogen) atoms. The van der Waals surface area contributed by atoms with Gasteiger partial charge in [0.1, 0.15) is 6.54 Å². The van der Waals surface area contributed by atoms with Crippen LogP contribution in [-0.4, -0.2) is 34.8 Å². The summed E-state index contributed by atoms with van der Waals surface area (Å²) in [5, 5.41) is 14.5. The molecule has 0 aromatic carbocycles. The second kappa shape index (κ2) is 6.90. The van der Waals surface area contributed by atoms with Crippen LogP contribution in [-0.2, 0) is 20.9 Å². The Morgan fingerprint density at radius 3 is 3.00 bits per heavy atom. The predicted molar refractivity (Wildman–Crippen MR) is 60.8 cm³/mol. The average Bonchev–Trinajstić information content (AvgIpc) is 2.72. The molecule has 0 aliphatic rings. The minimum atomic E-state index is -0.589. The van der Waals surface area contributed by atoms with Gasteiger partial charge in [-0.25, -0.2) is 0 Å². The van der Waals surface area contributed by atoms with Gasteiger partial charge in [0.25, 0.3) is 5.91 Å². The topological polar surface area (TPSA) is 123 Å². The highest BCUT2D eigenvalue weighted by Gasteiger charge is 2.08. The third kappa shape index (κ3) is 4.98. The highest BCUT2D eigenvalue weighted by atomic mass is 16.5. The van der Waals surface area contributed by atoms with Crippen LogP contribution in [0.1, 0.15) is 6.42 Å². The minimum Gasteiger partial charge on any atom is -0.454 e. The summed E-state index contributed by atoms with van der Waals surface area (Å²) in [5.41, 5.74) is 5.86. The monoisotopic (exact) mass is 251 g/mol. The Kier molecular flexibility index (Phi) is 5.18. The molecule has 0 fully saturated rings. The van der Waals surface area contributed by atoms with Crippen LogP contribution in [0, 0.1) is 11.3 Å². The second-order valence-corrected chi connectivity index (χ2v) is 3.39. The molecule has 0 atom stereocenters. The molecule has 0 aliphatic carbocycles. The Morgan fingerprint density at radius 2 is 2.39 bits per heavy atom. The van der Waals surface area contributed by atoms with Crippen molar-refractivity contribution in [2.75, 3.05) is 18.9 Å².